The fourth-order valence-corrected chi connectivity index (χ4v) is 3.63. The fourth-order valence-electron chi connectivity index (χ4n) is 2.06. The first-order chi connectivity index (χ1) is 9.20. The molecular formula is C13H18FNO4S. The van der Waals surface area contributed by atoms with Gasteiger partial charge >= 0.3 is 0 Å². The van der Waals surface area contributed by atoms with Crippen LogP contribution in [-0.4, -0.2) is 43.6 Å². The molecule has 1 N–H and O–H groups in total. The maximum atomic E-state index is 13.6. The molecule has 1 fully saturated rings. The Balaban J connectivity index is 2.23. The van der Waals surface area contributed by atoms with Gasteiger partial charge in [0.1, 0.15) is 0 Å². The first-order valence-corrected chi connectivity index (χ1v) is 7.71. The minimum absolute atomic E-state index is 0.00811. The summed E-state index contributed by atoms with van der Waals surface area (Å²) in [4.78, 5) is -0.137. The Hall–Kier alpha value is -1.18. The Morgan fingerprint density at radius 1 is 1.40 bits per heavy atom. The van der Waals surface area contributed by atoms with Crippen molar-refractivity contribution >= 4 is 10.0 Å². The van der Waals surface area contributed by atoms with Crippen LogP contribution < -0.4 is 4.74 Å². The van der Waals surface area contributed by atoms with Gasteiger partial charge < -0.3 is 9.84 Å². The molecule has 0 saturated carbocycles. The van der Waals surface area contributed by atoms with Crippen molar-refractivity contribution in [2.24, 2.45) is 5.92 Å². The highest BCUT2D eigenvalue weighted by atomic mass is 32.2. The predicted molar refractivity (Wildman–Crippen MR) is 71.5 cm³/mol. The molecule has 0 amide bonds. The zero-order valence-corrected chi connectivity index (χ0v) is 12.4. The van der Waals surface area contributed by atoms with Crippen molar-refractivity contribution < 1.29 is 22.7 Å². The molecule has 1 saturated heterocycles. The lowest BCUT2D eigenvalue weighted by Crippen LogP contribution is -2.65. The molecule has 7 heteroatoms. The van der Waals surface area contributed by atoms with Crippen LogP contribution in [0.1, 0.15) is 13.8 Å². The van der Waals surface area contributed by atoms with Crippen molar-refractivity contribution in [1.82, 2.24) is 4.31 Å². The molecule has 2 rings (SSSR count). The van der Waals surface area contributed by atoms with Gasteiger partial charge in [-0.2, -0.15) is 4.31 Å². The van der Waals surface area contributed by atoms with Crippen molar-refractivity contribution in [2.75, 3.05) is 20.2 Å². The first-order valence-electron chi connectivity index (χ1n) is 6.27. The minimum Gasteiger partial charge on any atom is -0.494 e. The highest BCUT2D eigenvalue weighted by molar-refractivity contribution is 7.89. The van der Waals surface area contributed by atoms with Gasteiger partial charge in [-0.25, -0.2) is 12.8 Å². The van der Waals surface area contributed by atoms with Crippen LogP contribution in [0, 0.1) is 11.7 Å². The smallest absolute Gasteiger partial charge is 0.243 e. The van der Waals surface area contributed by atoms with Gasteiger partial charge in [0.2, 0.25) is 10.0 Å². The molecule has 0 spiro atoms. The molecule has 1 heterocycles. The number of β-amino-alcohol motifs (C(OH)–C–C–N with tert-alkyl or cyclic N) is 1. The van der Waals surface area contributed by atoms with Gasteiger partial charge in [0, 0.05) is 13.1 Å². The molecule has 1 aliphatic heterocycles. The summed E-state index contributed by atoms with van der Waals surface area (Å²) in [7, 11) is -2.47. The van der Waals surface area contributed by atoms with E-state index in [1.54, 1.807) is 0 Å². The van der Waals surface area contributed by atoms with Crippen molar-refractivity contribution in [3.8, 4) is 5.75 Å². The number of sulfonamides is 1. The second-order valence-electron chi connectivity index (χ2n) is 5.33. The fraction of sp³-hybridized carbons (Fsp3) is 0.538. The zero-order chi connectivity index (χ0) is 15.1. The standard InChI is InChI=1S/C13H18FNO4S/c1-9(2)13(16)7-15(8-13)20(17,18)10-4-5-12(19-3)11(14)6-10/h4-6,9,16H,7-8H2,1-3H3. The van der Waals surface area contributed by atoms with E-state index in [1.807, 2.05) is 13.8 Å². The molecule has 5 nitrogen and oxygen atoms in total. The Morgan fingerprint density at radius 3 is 2.45 bits per heavy atom. The van der Waals surface area contributed by atoms with Gasteiger partial charge in [0.05, 0.1) is 17.6 Å². The summed E-state index contributed by atoms with van der Waals surface area (Å²) in [5.41, 5.74) is -1.00. The van der Waals surface area contributed by atoms with Crippen LogP contribution >= 0.6 is 0 Å². The second-order valence-corrected chi connectivity index (χ2v) is 7.27. The van der Waals surface area contributed by atoms with Crippen molar-refractivity contribution in [3.05, 3.63) is 24.0 Å². The molecule has 112 valence electrons. The molecule has 0 radical (unpaired) electrons. The lowest BCUT2D eigenvalue weighted by atomic mass is 9.85. The van der Waals surface area contributed by atoms with Gasteiger partial charge in [-0.05, 0) is 24.1 Å². The van der Waals surface area contributed by atoms with E-state index in [0.29, 0.717) is 0 Å². The Morgan fingerprint density at radius 2 is 2.00 bits per heavy atom. The van der Waals surface area contributed by atoms with Gasteiger partial charge in [-0.1, -0.05) is 13.8 Å². The highest BCUT2D eigenvalue weighted by Gasteiger charge is 2.49. The quantitative estimate of drug-likeness (QED) is 0.908. The van der Waals surface area contributed by atoms with E-state index in [-0.39, 0.29) is 29.7 Å². The van der Waals surface area contributed by atoms with Crippen molar-refractivity contribution in [3.63, 3.8) is 0 Å². The molecule has 0 bridgehead atoms. The number of nitrogens with zero attached hydrogens (tertiary/aromatic N) is 1. The normalized spacial score (nSPS) is 18.9. The number of halogens is 1. The molecule has 20 heavy (non-hydrogen) atoms. The van der Waals surface area contributed by atoms with E-state index in [2.05, 4.69) is 0 Å². The van der Waals surface area contributed by atoms with Crippen molar-refractivity contribution in [2.45, 2.75) is 24.3 Å². The molecule has 1 aromatic carbocycles. The van der Waals surface area contributed by atoms with Crippen LogP contribution in [-0.2, 0) is 10.0 Å². The highest BCUT2D eigenvalue weighted by Crippen LogP contribution is 2.33. The molecular weight excluding hydrogens is 285 g/mol. The predicted octanol–water partition coefficient (Wildman–Crippen LogP) is 1.23. The lowest BCUT2D eigenvalue weighted by Gasteiger charge is -2.47. The first kappa shape index (κ1) is 15.2. The zero-order valence-electron chi connectivity index (χ0n) is 11.6. The van der Waals surface area contributed by atoms with E-state index in [4.69, 9.17) is 4.74 Å². The second kappa shape index (κ2) is 4.98. The van der Waals surface area contributed by atoms with Crippen LogP contribution in [0.4, 0.5) is 4.39 Å². The monoisotopic (exact) mass is 303 g/mol. The Labute approximate surface area is 118 Å². The molecule has 0 aromatic heterocycles. The average molecular weight is 303 g/mol. The van der Waals surface area contributed by atoms with Crippen LogP contribution in [0.25, 0.3) is 0 Å². The number of hydrogen-bond donors (Lipinski definition) is 1. The molecule has 0 unspecified atom stereocenters. The topological polar surface area (TPSA) is 66.8 Å². The third kappa shape index (κ3) is 2.41. The van der Waals surface area contributed by atoms with Gasteiger partial charge in [-0.15, -0.1) is 0 Å². The van der Waals surface area contributed by atoms with Crippen molar-refractivity contribution in [1.29, 1.82) is 0 Å². The van der Waals surface area contributed by atoms with E-state index < -0.39 is 21.4 Å². The largest absolute Gasteiger partial charge is 0.494 e. The van der Waals surface area contributed by atoms with E-state index >= 15 is 0 Å². The summed E-state index contributed by atoms with van der Waals surface area (Å²) in [5, 5.41) is 10.1. The average Bonchev–Trinajstić information content (AvgIpc) is 2.34. The number of hydrogen-bond acceptors (Lipinski definition) is 4. The third-order valence-corrected chi connectivity index (χ3v) is 5.52. The van der Waals surface area contributed by atoms with Gasteiger partial charge in [-0.3, -0.25) is 0 Å². The third-order valence-electron chi connectivity index (χ3n) is 3.74. The van der Waals surface area contributed by atoms with E-state index in [9.17, 15) is 17.9 Å². The Bertz CT molecular complexity index is 609. The maximum absolute atomic E-state index is 13.6. The number of methoxy groups -OCH3 is 1. The Kier molecular flexibility index (Phi) is 3.79. The minimum atomic E-state index is -3.78. The maximum Gasteiger partial charge on any atom is 0.243 e. The summed E-state index contributed by atoms with van der Waals surface area (Å²) in [6.07, 6.45) is 0. The van der Waals surface area contributed by atoms with Gasteiger partial charge in [0.15, 0.2) is 11.6 Å². The summed E-state index contributed by atoms with van der Waals surface area (Å²) in [6.45, 7) is 3.72. The summed E-state index contributed by atoms with van der Waals surface area (Å²) >= 11 is 0. The number of ether oxygens (including phenoxy) is 1. The number of benzene rings is 1. The van der Waals surface area contributed by atoms with Crippen LogP contribution in [0.15, 0.2) is 23.1 Å². The van der Waals surface area contributed by atoms with E-state index in [1.165, 1.54) is 19.2 Å². The molecule has 1 aromatic rings. The molecule has 1 aliphatic rings. The summed E-state index contributed by atoms with van der Waals surface area (Å²) < 4.78 is 44.1. The molecule has 0 aliphatic carbocycles. The number of aliphatic hydroxyl groups is 1. The number of rotatable bonds is 4. The lowest BCUT2D eigenvalue weighted by molar-refractivity contribution is -0.0932. The summed E-state index contributed by atoms with van der Waals surface area (Å²) in [6, 6.07) is 3.50. The van der Waals surface area contributed by atoms with Crippen LogP contribution in [0.5, 0.6) is 5.75 Å². The van der Waals surface area contributed by atoms with Crippen LogP contribution in [0.2, 0.25) is 0 Å². The SMILES string of the molecule is COc1ccc(S(=O)(=O)N2CC(O)(C(C)C)C2)cc1F. The molecule has 0 atom stereocenters. The van der Waals surface area contributed by atoms with Crippen LogP contribution in [0.3, 0.4) is 0 Å². The van der Waals surface area contributed by atoms with E-state index in [0.717, 1.165) is 10.4 Å². The van der Waals surface area contributed by atoms with Gasteiger partial charge in [0.25, 0.3) is 0 Å². The summed E-state index contributed by atoms with van der Waals surface area (Å²) in [5.74, 6) is -0.777.